The van der Waals surface area contributed by atoms with Crippen LogP contribution in [0.4, 0.5) is 0 Å². The maximum atomic E-state index is 12.1. The monoisotopic (exact) mass is 366 g/mol. The molecule has 0 atom stereocenters. The van der Waals surface area contributed by atoms with Crippen LogP contribution in [0.3, 0.4) is 0 Å². The summed E-state index contributed by atoms with van der Waals surface area (Å²) in [6.07, 6.45) is 0.904. The molecule has 2 N–H and O–H groups in total. The number of benzene rings is 1. The maximum Gasteiger partial charge on any atom is 0.339 e. The van der Waals surface area contributed by atoms with Gasteiger partial charge >= 0.3 is 29.8 Å². The fourth-order valence-corrected chi connectivity index (χ4v) is 1.81. The van der Waals surface area contributed by atoms with Crippen LogP contribution in [-0.2, 0) is 19.0 Å². The van der Waals surface area contributed by atoms with Crippen LogP contribution < -0.4 is 0 Å². The smallest absolute Gasteiger partial charge is 0.339 e. The third kappa shape index (κ3) is 4.90. The van der Waals surface area contributed by atoms with E-state index in [1.165, 1.54) is 0 Å². The molecule has 0 spiro atoms. The van der Waals surface area contributed by atoms with E-state index in [4.69, 9.17) is 14.9 Å². The van der Waals surface area contributed by atoms with Gasteiger partial charge in [0.05, 0.1) is 29.4 Å². The van der Waals surface area contributed by atoms with Gasteiger partial charge in [-0.05, 0) is 12.1 Å². The number of aromatic carboxylic acids is 2. The first-order chi connectivity index (χ1) is 12.2. The maximum absolute atomic E-state index is 12.1. The number of carbonyl (C=O) groups excluding carboxylic acids is 3. The summed E-state index contributed by atoms with van der Waals surface area (Å²) in [5.74, 6) is -6.15. The summed E-state index contributed by atoms with van der Waals surface area (Å²) in [7, 11) is 0.998. The molecule has 0 radical (unpaired) electrons. The molecule has 0 saturated carbocycles. The average Bonchev–Trinajstić information content (AvgIpc) is 2.62. The fourth-order valence-electron chi connectivity index (χ4n) is 1.81. The Labute approximate surface area is 146 Å². The van der Waals surface area contributed by atoms with Crippen molar-refractivity contribution in [3.8, 4) is 0 Å². The van der Waals surface area contributed by atoms with E-state index >= 15 is 0 Å². The molecule has 0 fully saturated rings. The van der Waals surface area contributed by atoms with Crippen LogP contribution >= 0.6 is 0 Å². The first kappa shape index (κ1) is 20.4. The molecule has 1 rings (SSSR count). The molecule has 26 heavy (non-hydrogen) atoms. The van der Waals surface area contributed by atoms with Gasteiger partial charge in [-0.15, -0.1) is 0 Å². The third-order valence-corrected chi connectivity index (χ3v) is 2.97. The molecule has 0 aliphatic rings. The van der Waals surface area contributed by atoms with Gasteiger partial charge in [-0.3, -0.25) is 0 Å². The first-order valence-electron chi connectivity index (χ1n) is 6.92. The summed E-state index contributed by atoms with van der Waals surface area (Å²) < 4.78 is 13.9. The number of rotatable bonds is 8. The highest BCUT2D eigenvalue weighted by Gasteiger charge is 2.26. The molecule has 0 bridgehead atoms. The highest BCUT2D eigenvalue weighted by molar-refractivity contribution is 6.09. The Balaban J connectivity index is 3.19. The van der Waals surface area contributed by atoms with E-state index < -0.39 is 52.1 Å². The Bertz CT molecular complexity index is 777. The van der Waals surface area contributed by atoms with E-state index in [9.17, 15) is 24.0 Å². The lowest BCUT2D eigenvalue weighted by atomic mass is 9.98. The van der Waals surface area contributed by atoms with Gasteiger partial charge in [-0.1, -0.05) is 6.58 Å². The number of hydrogen-bond acceptors (Lipinski definition) is 8. The largest absolute Gasteiger partial charge is 0.478 e. The molecule has 0 unspecified atom stereocenters. The summed E-state index contributed by atoms with van der Waals surface area (Å²) in [5.41, 5.74) is -2.40. The van der Waals surface area contributed by atoms with Crippen molar-refractivity contribution < 1.29 is 48.4 Å². The molecule has 1 aromatic rings. The quantitative estimate of drug-likeness (QED) is 0.291. The van der Waals surface area contributed by atoms with Crippen LogP contribution in [0.15, 0.2) is 24.8 Å². The molecule has 138 valence electrons. The fraction of sp³-hybridized carbons (Fsp3) is 0.188. The van der Waals surface area contributed by atoms with Crippen molar-refractivity contribution in [1.29, 1.82) is 0 Å². The van der Waals surface area contributed by atoms with E-state index in [1.54, 1.807) is 0 Å². The topological polar surface area (TPSA) is 154 Å². The lowest BCUT2D eigenvalue weighted by molar-refractivity contribution is -0.138. The normalized spacial score (nSPS) is 9.73. The van der Waals surface area contributed by atoms with Crippen LogP contribution in [0.25, 0.3) is 0 Å². The van der Waals surface area contributed by atoms with Crippen LogP contribution in [0.5, 0.6) is 0 Å². The minimum absolute atomic E-state index is 0.302. The molecular formula is C16H14O10. The molecule has 10 heteroatoms. The molecule has 0 aliphatic carbocycles. The first-order valence-corrected chi connectivity index (χ1v) is 6.92. The molecule has 10 nitrogen and oxygen atoms in total. The molecule has 0 heterocycles. The number of carboxylic acids is 2. The summed E-state index contributed by atoms with van der Waals surface area (Å²) in [4.78, 5) is 57.2. The molecule has 1 aromatic carbocycles. The molecule has 0 saturated heterocycles. The van der Waals surface area contributed by atoms with Crippen molar-refractivity contribution in [3.63, 3.8) is 0 Å². The molecule has 0 amide bonds. The van der Waals surface area contributed by atoms with Crippen LogP contribution in [-0.4, -0.2) is 60.4 Å². The lowest BCUT2D eigenvalue weighted by Gasteiger charge is -2.11. The minimum atomic E-state index is -1.62. The van der Waals surface area contributed by atoms with E-state index in [-0.39, 0.29) is 13.2 Å². The summed E-state index contributed by atoms with van der Waals surface area (Å²) in [5, 5.41) is 18.2. The van der Waals surface area contributed by atoms with Gasteiger partial charge in [0.25, 0.3) is 0 Å². The van der Waals surface area contributed by atoms with Gasteiger partial charge in [0.15, 0.2) is 0 Å². The Morgan fingerprint density at radius 3 is 1.77 bits per heavy atom. The van der Waals surface area contributed by atoms with Gasteiger partial charge in [0, 0.05) is 6.08 Å². The van der Waals surface area contributed by atoms with E-state index in [0.717, 1.165) is 13.2 Å². The Morgan fingerprint density at radius 1 is 0.885 bits per heavy atom. The van der Waals surface area contributed by atoms with Gasteiger partial charge in [-0.2, -0.15) is 0 Å². The number of carbonyl (C=O) groups is 5. The zero-order valence-electron chi connectivity index (χ0n) is 13.5. The van der Waals surface area contributed by atoms with Gasteiger partial charge in [0.2, 0.25) is 0 Å². The van der Waals surface area contributed by atoms with E-state index in [1.807, 2.05) is 0 Å². The van der Waals surface area contributed by atoms with Crippen LogP contribution in [0.2, 0.25) is 0 Å². The SMILES string of the molecule is C=CC(=O)OCCOC(=O)c1cc(C(=O)O)c(C(=O)O)cc1C(=O)OC. The highest BCUT2D eigenvalue weighted by atomic mass is 16.6. The van der Waals surface area contributed by atoms with Crippen molar-refractivity contribution in [1.82, 2.24) is 0 Å². The Kier molecular flexibility index (Phi) is 7.02. The van der Waals surface area contributed by atoms with Gasteiger partial charge < -0.3 is 24.4 Å². The van der Waals surface area contributed by atoms with Crippen molar-refractivity contribution in [3.05, 3.63) is 47.0 Å². The van der Waals surface area contributed by atoms with Crippen molar-refractivity contribution in [2.24, 2.45) is 0 Å². The predicted molar refractivity (Wildman–Crippen MR) is 83.1 cm³/mol. The second-order valence-corrected chi connectivity index (χ2v) is 4.55. The number of methoxy groups -OCH3 is 1. The second kappa shape index (κ2) is 8.97. The third-order valence-electron chi connectivity index (χ3n) is 2.97. The molecule has 0 aromatic heterocycles. The Hall–Kier alpha value is -3.69. The molecule has 0 aliphatic heterocycles. The number of ether oxygens (including phenoxy) is 3. The Morgan fingerprint density at radius 2 is 1.35 bits per heavy atom. The van der Waals surface area contributed by atoms with Gasteiger partial charge in [-0.25, -0.2) is 24.0 Å². The standard InChI is InChI=1S/C16H14O10/c1-3-12(17)25-4-5-26-16(23)11-7-9(14(20)21)8(13(18)19)6-10(11)15(22)24-2/h3,6-7H,1,4-5H2,2H3,(H,18,19)(H,20,21). The van der Waals surface area contributed by atoms with Crippen LogP contribution in [0.1, 0.15) is 41.4 Å². The summed E-state index contributed by atoms with van der Waals surface area (Å²) in [6.45, 7) is 2.48. The van der Waals surface area contributed by atoms with E-state index in [2.05, 4.69) is 16.1 Å². The van der Waals surface area contributed by atoms with Crippen molar-refractivity contribution in [2.75, 3.05) is 20.3 Å². The van der Waals surface area contributed by atoms with Crippen molar-refractivity contribution in [2.45, 2.75) is 0 Å². The predicted octanol–water partition coefficient (Wildman–Crippen LogP) is 0.756. The van der Waals surface area contributed by atoms with Crippen LogP contribution in [0, 0.1) is 0 Å². The molecular weight excluding hydrogens is 352 g/mol. The zero-order valence-corrected chi connectivity index (χ0v) is 13.5. The second-order valence-electron chi connectivity index (χ2n) is 4.55. The minimum Gasteiger partial charge on any atom is -0.478 e. The number of carboxylic acid groups (broad SMARTS) is 2. The average molecular weight is 366 g/mol. The highest BCUT2D eigenvalue weighted by Crippen LogP contribution is 2.20. The summed E-state index contributed by atoms with van der Waals surface area (Å²) >= 11 is 0. The number of hydrogen-bond donors (Lipinski definition) is 2. The summed E-state index contributed by atoms with van der Waals surface area (Å²) in [6, 6.07) is 1.42. The zero-order chi connectivity index (χ0) is 19.9. The lowest BCUT2D eigenvalue weighted by Crippen LogP contribution is -2.19. The van der Waals surface area contributed by atoms with Gasteiger partial charge in [0.1, 0.15) is 13.2 Å². The number of esters is 3. The van der Waals surface area contributed by atoms with Crippen molar-refractivity contribution >= 4 is 29.8 Å². The van der Waals surface area contributed by atoms with E-state index in [0.29, 0.717) is 12.1 Å².